The highest BCUT2D eigenvalue weighted by Crippen LogP contribution is 2.35. The number of hydrogen-bond acceptors (Lipinski definition) is 3. The van der Waals surface area contributed by atoms with Crippen LogP contribution < -0.4 is 4.90 Å². The number of para-hydroxylation sites is 1. The van der Waals surface area contributed by atoms with Gasteiger partial charge in [-0.15, -0.1) is 0 Å². The summed E-state index contributed by atoms with van der Waals surface area (Å²) in [4.78, 5) is 22.4. The molecular weight excluding hydrogens is 238 g/mol. The van der Waals surface area contributed by atoms with Crippen molar-refractivity contribution in [2.75, 3.05) is 11.4 Å². The minimum Gasteiger partial charge on any atom is -0.307 e. The Morgan fingerprint density at radius 2 is 2.16 bits per heavy atom. The first-order valence-corrected chi connectivity index (χ1v) is 6.44. The van der Waals surface area contributed by atoms with Gasteiger partial charge in [0, 0.05) is 24.6 Å². The van der Waals surface area contributed by atoms with E-state index in [0.29, 0.717) is 11.6 Å². The third kappa shape index (κ3) is 2.10. The minimum atomic E-state index is -0.0764. The van der Waals surface area contributed by atoms with Crippen LogP contribution in [-0.4, -0.2) is 22.4 Å². The Labute approximate surface area is 112 Å². The molecular formula is C15H15N3O. The van der Waals surface area contributed by atoms with Crippen molar-refractivity contribution in [1.82, 2.24) is 9.97 Å². The van der Waals surface area contributed by atoms with Crippen molar-refractivity contribution in [3.05, 3.63) is 54.1 Å². The molecule has 2 aromatic rings. The van der Waals surface area contributed by atoms with E-state index in [1.165, 1.54) is 11.8 Å². The van der Waals surface area contributed by atoms with Gasteiger partial charge in [-0.3, -0.25) is 9.78 Å². The van der Waals surface area contributed by atoms with E-state index in [1.54, 1.807) is 17.3 Å². The third-order valence-corrected chi connectivity index (χ3v) is 3.57. The molecule has 1 aliphatic rings. The maximum absolute atomic E-state index is 12.5. The molecule has 19 heavy (non-hydrogen) atoms. The van der Waals surface area contributed by atoms with E-state index in [1.807, 2.05) is 18.2 Å². The summed E-state index contributed by atoms with van der Waals surface area (Å²) < 4.78 is 0. The number of rotatable bonds is 1. The van der Waals surface area contributed by atoms with Gasteiger partial charge in [0.25, 0.3) is 5.91 Å². The molecule has 1 atom stereocenters. The molecule has 1 aliphatic heterocycles. The summed E-state index contributed by atoms with van der Waals surface area (Å²) in [7, 11) is 0. The fraction of sp³-hybridized carbons (Fsp3) is 0.267. The zero-order chi connectivity index (χ0) is 13.2. The monoisotopic (exact) mass is 253 g/mol. The lowest BCUT2D eigenvalue weighted by Gasteiger charge is -2.32. The Balaban J connectivity index is 1.99. The molecule has 2 heterocycles. The lowest BCUT2D eigenvalue weighted by atomic mass is 9.91. The molecule has 0 N–H and O–H groups in total. The molecule has 1 aromatic heterocycles. The minimum absolute atomic E-state index is 0.0764. The number of amides is 1. The first kappa shape index (κ1) is 11.8. The first-order chi connectivity index (χ1) is 9.27. The van der Waals surface area contributed by atoms with Crippen molar-refractivity contribution in [2.24, 2.45) is 0 Å². The number of fused-ring (bicyclic) bond motifs is 1. The number of hydrogen-bond donors (Lipinski definition) is 0. The molecule has 4 nitrogen and oxygen atoms in total. The van der Waals surface area contributed by atoms with E-state index in [2.05, 4.69) is 23.0 Å². The summed E-state index contributed by atoms with van der Waals surface area (Å²) in [5.41, 5.74) is 2.62. The van der Waals surface area contributed by atoms with Crippen molar-refractivity contribution in [3.8, 4) is 0 Å². The summed E-state index contributed by atoms with van der Waals surface area (Å²) in [6, 6.07) is 8.08. The summed E-state index contributed by atoms with van der Waals surface area (Å²) in [5.74, 6) is 0.412. The van der Waals surface area contributed by atoms with Crippen molar-refractivity contribution >= 4 is 11.6 Å². The van der Waals surface area contributed by atoms with Gasteiger partial charge in [0.15, 0.2) is 0 Å². The standard InChI is InChI=1S/C15H15N3O/c1-11-6-9-18(14-5-3-2-4-12(11)14)15(19)13-10-16-7-8-17-13/h2-5,7-8,10-11H,6,9H2,1H3. The lowest BCUT2D eigenvalue weighted by molar-refractivity contribution is 0.0979. The van der Waals surface area contributed by atoms with Crippen LogP contribution in [0, 0.1) is 0 Å². The largest absolute Gasteiger partial charge is 0.307 e. The highest BCUT2D eigenvalue weighted by atomic mass is 16.2. The predicted molar refractivity (Wildman–Crippen MR) is 73.2 cm³/mol. The Morgan fingerprint density at radius 3 is 2.95 bits per heavy atom. The molecule has 0 fully saturated rings. The quantitative estimate of drug-likeness (QED) is 0.784. The second kappa shape index (κ2) is 4.80. The fourth-order valence-corrected chi connectivity index (χ4v) is 2.51. The number of nitrogens with zero attached hydrogens (tertiary/aromatic N) is 3. The van der Waals surface area contributed by atoms with E-state index in [4.69, 9.17) is 0 Å². The highest BCUT2D eigenvalue weighted by molar-refractivity contribution is 6.05. The average molecular weight is 253 g/mol. The molecule has 0 saturated heterocycles. The van der Waals surface area contributed by atoms with Crippen LogP contribution in [0.15, 0.2) is 42.9 Å². The van der Waals surface area contributed by atoms with Crippen LogP contribution in [0.5, 0.6) is 0 Å². The Kier molecular flexibility index (Phi) is 2.99. The van der Waals surface area contributed by atoms with Crippen LogP contribution in [0.4, 0.5) is 5.69 Å². The van der Waals surface area contributed by atoms with E-state index in [0.717, 1.165) is 18.7 Å². The van der Waals surface area contributed by atoms with Gasteiger partial charge < -0.3 is 4.90 Å². The van der Waals surface area contributed by atoms with Crippen molar-refractivity contribution in [3.63, 3.8) is 0 Å². The molecule has 1 aromatic carbocycles. The normalized spacial score (nSPS) is 17.9. The fourth-order valence-electron chi connectivity index (χ4n) is 2.51. The number of benzene rings is 1. The van der Waals surface area contributed by atoms with Crippen LogP contribution in [-0.2, 0) is 0 Å². The Bertz CT molecular complexity index is 597. The molecule has 0 radical (unpaired) electrons. The van der Waals surface area contributed by atoms with E-state index < -0.39 is 0 Å². The number of aromatic nitrogens is 2. The van der Waals surface area contributed by atoms with Crippen LogP contribution in [0.1, 0.15) is 35.3 Å². The SMILES string of the molecule is CC1CCN(C(=O)c2cnccn2)c2ccccc21. The average Bonchev–Trinajstić information content (AvgIpc) is 2.48. The van der Waals surface area contributed by atoms with Gasteiger partial charge in [-0.2, -0.15) is 0 Å². The van der Waals surface area contributed by atoms with E-state index in [9.17, 15) is 4.79 Å². The summed E-state index contributed by atoms with van der Waals surface area (Å²) in [6.07, 6.45) is 5.61. The number of carbonyl (C=O) groups is 1. The maximum atomic E-state index is 12.5. The predicted octanol–water partition coefficient (Wildman–Crippen LogP) is 2.63. The van der Waals surface area contributed by atoms with Crippen LogP contribution >= 0.6 is 0 Å². The first-order valence-electron chi connectivity index (χ1n) is 6.44. The van der Waals surface area contributed by atoms with E-state index >= 15 is 0 Å². The van der Waals surface area contributed by atoms with Gasteiger partial charge in [-0.1, -0.05) is 25.1 Å². The topological polar surface area (TPSA) is 46.1 Å². The molecule has 4 heteroatoms. The molecule has 0 bridgehead atoms. The zero-order valence-corrected chi connectivity index (χ0v) is 10.8. The smallest absolute Gasteiger partial charge is 0.278 e. The molecule has 0 aliphatic carbocycles. The zero-order valence-electron chi connectivity index (χ0n) is 10.8. The summed E-state index contributed by atoms with van der Waals surface area (Å²) >= 11 is 0. The molecule has 1 amide bonds. The summed E-state index contributed by atoms with van der Waals surface area (Å²) in [5, 5.41) is 0. The molecule has 0 saturated carbocycles. The van der Waals surface area contributed by atoms with Gasteiger partial charge in [-0.05, 0) is 24.0 Å². The van der Waals surface area contributed by atoms with Crippen LogP contribution in [0.25, 0.3) is 0 Å². The Morgan fingerprint density at radius 1 is 1.32 bits per heavy atom. The van der Waals surface area contributed by atoms with Gasteiger partial charge >= 0.3 is 0 Å². The van der Waals surface area contributed by atoms with Crippen molar-refractivity contribution < 1.29 is 4.79 Å². The van der Waals surface area contributed by atoms with Crippen molar-refractivity contribution in [2.45, 2.75) is 19.3 Å². The van der Waals surface area contributed by atoms with Gasteiger partial charge in [0.1, 0.15) is 5.69 Å². The van der Waals surface area contributed by atoms with Crippen LogP contribution in [0.2, 0.25) is 0 Å². The van der Waals surface area contributed by atoms with Gasteiger partial charge in [0.2, 0.25) is 0 Å². The number of anilines is 1. The number of carbonyl (C=O) groups excluding carboxylic acids is 1. The Hall–Kier alpha value is -2.23. The molecule has 3 rings (SSSR count). The van der Waals surface area contributed by atoms with Gasteiger partial charge in [0.05, 0.1) is 6.20 Å². The molecule has 96 valence electrons. The van der Waals surface area contributed by atoms with E-state index in [-0.39, 0.29) is 5.91 Å². The molecule has 1 unspecified atom stereocenters. The second-order valence-corrected chi connectivity index (χ2v) is 4.80. The lowest BCUT2D eigenvalue weighted by Crippen LogP contribution is -2.36. The third-order valence-electron chi connectivity index (χ3n) is 3.57. The van der Waals surface area contributed by atoms with Crippen LogP contribution in [0.3, 0.4) is 0 Å². The maximum Gasteiger partial charge on any atom is 0.278 e. The van der Waals surface area contributed by atoms with Crippen molar-refractivity contribution in [1.29, 1.82) is 0 Å². The summed E-state index contributed by atoms with van der Waals surface area (Å²) in [6.45, 7) is 2.93. The van der Waals surface area contributed by atoms with Gasteiger partial charge in [-0.25, -0.2) is 4.98 Å². The molecule has 0 spiro atoms. The highest BCUT2D eigenvalue weighted by Gasteiger charge is 2.27. The second-order valence-electron chi connectivity index (χ2n) is 4.80.